The van der Waals surface area contributed by atoms with Gasteiger partial charge in [-0.25, -0.2) is 9.59 Å². The SMILES string of the molecule is C=C(C)C(=O)OCC(=O)ON1C(=O)CCC1=O. The fourth-order valence-corrected chi connectivity index (χ4v) is 1.03. The van der Waals surface area contributed by atoms with Crippen molar-refractivity contribution in [3.8, 4) is 0 Å². The first-order valence-electron chi connectivity index (χ1n) is 4.81. The van der Waals surface area contributed by atoms with Crippen LogP contribution in [0.4, 0.5) is 0 Å². The maximum Gasteiger partial charge on any atom is 0.370 e. The standard InChI is InChI=1S/C10H11NO6/c1-6(2)10(15)16-5-9(14)17-11-7(12)3-4-8(11)13/h1,3-5H2,2H3. The van der Waals surface area contributed by atoms with Gasteiger partial charge < -0.3 is 9.57 Å². The Morgan fingerprint density at radius 2 is 1.82 bits per heavy atom. The van der Waals surface area contributed by atoms with Crippen molar-refractivity contribution in [2.24, 2.45) is 0 Å². The van der Waals surface area contributed by atoms with E-state index in [2.05, 4.69) is 16.2 Å². The summed E-state index contributed by atoms with van der Waals surface area (Å²) in [7, 11) is 0. The van der Waals surface area contributed by atoms with Crippen LogP contribution in [-0.4, -0.2) is 35.4 Å². The minimum absolute atomic E-state index is 0.0116. The Labute approximate surface area is 96.9 Å². The Bertz CT molecular complexity index is 384. The Kier molecular flexibility index (Phi) is 3.97. The highest BCUT2D eigenvalue weighted by molar-refractivity contribution is 6.01. The molecule has 1 aliphatic rings. The van der Waals surface area contributed by atoms with Gasteiger partial charge >= 0.3 is 11.9 Å². The summed E-state index contributed by atoms with van der Waals surface area (Å²) in [6.07, 6.45) is 0.0231. The van der Waals surface area contributed by atoms with E-state index in [4.69, 9.17) is 0 Å². The molecule has 0 bridgehead atoms. The van der Waals surface area contributed by atoms with E-state index in [1.54, 1.807) is 0 Å². The predicted molar refractivity (Wildman–Crippen MR) is 53.0 cm³/mol. The molecule has 2 amide bonds. The van der Waals surface area contributed by atoms with Gasteiger partial charge in [-0.05, 0) is 6.92 Å². The summed E-state index contributed by atoms with van der Waals surface area (Å²) >= 11 is 0. The molecule has 0 aliphatic carbocycles. The van der Waals surface area contributed by atoms with Crippen LogP contribution in [0.3, 0.4) is 0 Å². The van der Waals surface area contributed by atoms with E-state index in [9.17, 15) is 19.2 Å². The minimum atomic E-state index is -0.997. The van der Waals surface area contributed by atoms with Crippen molar-refractivity contribution in [3.05, 3.63) is 12.2 Å². The van der Waals surface area contributed by atoms with Crippen molar-refractivity contribution in [3.63, 3.8) is 0 Å². The number of esters is 1. The summed E-state index contributed by atoms with van der Waals surface area (Å²) in [5.74, 6) is -2.92. The number of hydrogen-bond donors (Lipinski definition) is 0. The van der Waals surface area contributed by atoms with Crippen molar-refractivity contribution >= 4 is 23.8 Å². The van der Waals surface area contributed by atoms with Crippen LogP contribution < -0.4 is 0 Å². The number of imide groups is 1. The molecule has 1 aliphatic heterocycles. The quantitative estimate of drug-likeness (QED) is 0.382. The van der Waals surface area contributed by atoms with Crippen LogP contribution in [0, 0.1) is 0 Å². The number of amides is 2. The first-order chi connectivity index (χ1) is 7.91. The number of carbonyl (C=O) groups is 4. The Hall–Kier alpha value is -2.18. The number of carbonyl (C=O) groups excluding carboxylic acids is 4. The Balaban J connectivity index is 2.40. The lowest BCUT2D eigenvalue weighted by Crippen LogP contribution is -2.33. The van der Waals surface area contributed by atoms with Crippen molar-refractivity contribution < 1.29 is 28.8 Å². The van der Waals surface area contributed by atoms with Gasteiger partial charge in [-0.15, -0.1) is 5.06 Å². The van der Waals surface area contributed by atoms with Crippen molar-refractivity contribution in [2.45, 2.75) is 19.8 Å². The van der Waals surface area contributed by atoms with Gasteiger partial charge in [-0.2, -0.15) is 0 Å². The van der Waals surface area contributed by atoms with Crippen LogP contribution in [0.15, 0.2) is 12.2 Å². The number of rotatable bonds is 4. The zero-order valence-electron chi connectivity index (χ0n) is 9.23. The van der Waals surface area contributed by atoms with Crippen LogP contribution in [0.1, 0.15) is 19.8 Å². The third-order valence-electron chi connectivity index (χ3n) is 1.87. The third-order valence-corrected chi connectivity index (χ3v) is 1.87. The van der Waals surface area contributed by atoms with Gasteiger partial charge in [0.2, 0.25) is 0 Å². The van der Waals surface area contributed by atoms with E-state index < -0.39 is 30.4 Å². The van der Waals surface area contributed by atoms with Crippen molar-refractivity contribution in [2.75, 3.05) is 6.61 Å². The lowest BCUT2D eigenvalue weighted by atomic mass is 10.4. The maximum atomic E-state index is 11.1. The van der Waals surface area contributed by atoms with Crippen LogP contribution >= 0.6 is 0 Å². The first kappa shape index (κ1) is 12.9. The molecular formula is C10H11NO6. The summed E-state index contributed by atoms with van der Waals surface area (Å²) < 4.78 is 4.48. The average Bonchev–Trinajstić information content (AvgIpc) is 2.57. The third kappa shape index (κ3) is 3.40. The Morgan fingerprint density at radius 3 is 2.29 bits per heavy atom. The van der Waals surface area contributed by atoms with E-state index in [0.29, 0.717) is 5.06 Å². The van der Waals surface area contributed by atoms with Gasteiger partial charge in [-0.1, -0.05) is 6.58 Å². The molecule has 0 unspecified atom stereocenters. The van der Waals surface area contributed by atoms with Crippen molar-refractivity contribution in [1.29, 1.82) is 0 Å². The molecular weight excluding hydrogens is 230 g/mol. The maximum absolute atomic E-state index is 11.1. The molecule has 7 nitrogen and oxygen atoms in total. The van der Waals surface area contributed by atoms with Crippen LogP contribution in [0.5, 0.6) is 0 Å². The highest BCUT2D eigenvalue weighted by Gasteiger charge is 2.32. The highest BCUT2D eigenvalue weighted by atomic mass is 16.7. The van der Waals surface area contributed by atoms with Crippen LogP contribution in [0.25, 0.3) is 0 Å². The molecule has 17 heavy (non-hydrogen) atoms. The lowest BCUT2D eigenvalue weighted by Gasteiger charge is -2.12. The number of ether oxygens (including phenoxy) is 1. The molecule has 1 saturated heterocycles. The van der Waals surface area contributed by atoms with Gasteiger partial charge in [0.05, 0.1) is 0 Å². The summed E-state index contributed by atoms with van der Waals surface area (Å²) in [5, 5.41) is 0.386. The predicted octanol–water partition coefficient (Wildman–Crippen LogP) is -0.287. The second kappa shape index (κ2) is 5.24. The Morgan fingerprint density at radius 1 is 1.29 bits per heavy atom. The fraction of sp³-hybridized carbons (Fsp3) is 0.400. The van der Waals surface area contributed by atoms with E-state index in [-0.39, 0.29) is 18.4 Å². The zero-order chi connectivity index (χ0) is 13.0. The molecule has 1 fully saturated rings. The van der Waals surface area contributed by atoms with Crippen LogP contribution in [0.2, 0.25) is 0 Å². The molecule has 0 N–H and O–H groups in total. The van der Waals surface area contributed by atoms with Gasteiger partial charge in [0.25, 0.3) is 11.8 Å². The summed E-state index contributed by atoms with van der Waals surface area (Å²) in [5.41, 5.74) is 0.131. The van der Waals surface area contributed by atoms with E-state index in [0.717, 1.165) is 0 Å². The summed E-state index contributed by atoms with van der Waals surface area (Å²) in [4.78, 5) is 48.7. The average molecular weight is 241 g/mol. The largest absolute Gasteiger partial charge is 0.450 e. The number of hydroxylamine groups is 2. The van der Waals surface area contributed by atoms with Gasteiger partial charge in [0, 0.05) is 18.4 Å². The number of hydrogen-bond acceptors (Lipinski definition) is 6. The summed E-state index contributed by atoms with van der Waals surface area (Å²) in [6, 6.07) is 0. The molecule has 1 heterocycles. The van der Waals surface area contributed by atoms with Crippen LogP contribution in [-0.2, 0) is 28.8 Å². The van der Waals surface area contributed by atoms with Gasteiger partial charge in [0.1, 0.15) is 0 Å². The second-order valence-electron chi connectivity index (χ2n) is 3.40. The molecule has 0 spiro atoms. The van der Waals surface area contributed by atoms with Gasteiger partial charge in [-0.3, -0.25) is 9.59 Å². The van der Waals surface area contributed by atoms with Crippen molar-refractivity contribution in [1.82, 2.24) is 5.06 Å². The molecule has 0 aromatic carbocycles. The van der Waals surface area contributed by atoms with Gasteiger partial charge in [0.15, 0.2) is 6.61 Å². The molecule has 0 atom stereocenters. The molecule has 1 rings (SSSR count). The van der Waals surface area contributed by atoms with E-state index in [1.165, 1.54) is 6.92 Å². The molecule has 0 radical (unpaired) electrons. The lowest BCUT2D eigenvalue weighted by molar-refractivity contribution is -0.200. The molecule has 0 aromatic heterocycles. The number of nitrogens with zero attached hydrogens (tertiary/aromatic N) is 1. The smallest absolute Gasteiger partial charge is 0.370 e. The second-order valence-corrected chi connectivity index (χ2v) is 3.40. The topological polar surface area (TPSA) is 90.0 Å². The van der Waals surface area contributed by atoms with E-state index >= 15 is 0 Å². The fourth-order valence-electron chi connectivity index (χ4n) is 1.03. The molecule has 7 heteroatoms. The first-order valence-corrected chi connectivity index (χ1v) is 4.81. The van der Waals surface area contributed by atoms with E-state index in [1.807, 2.05) is 0 Å². The molecule has 0 aromatic rings. The zero-order valence-corrected chi connectivity index (χ0v) is 9.23. The molecule has 0 saturated carbocycles. The summed E-state index contributed by atoms with van der Waals surface area (Å²) in [6.45, 7) is 4.06. The highest BCUT2D eigenvalue weighted by Crippen LogP contribution is 2.12. The monoisotopic (exact) mass is 241 g/mol. The minimum Gasteiger partial charge on any atom is -0.450 e. The molecule has 92 valence electrons. The normalized spacial score (nSPS) is 14.8.